The van der Waals surface area contributed by atoms with Crippen molar-refractivity contribution < 1.29 is 19.7 Å². The second-order valence-corrected chi connectivity index (χ2v) is 4.08. The Kier molecular flexibility index (Phi) is 5.04. The molecule has 0 fully saturated rings. The molecule has 0 spiro atoms. The summed E-state index contributed by atoms with van der Waals surface area (Å²) in [7, 11) is 0. The van der Waals surface area contributed by atoms with Gasteiger partial charge in [-0.1, -0.05) is 6.07 Å². The van der Waals surface area contributed by atoms with Gasteiger partial charge in [0.05, 0.1) is 19.3 Å². The van der Waals surface area contributed by atoms with Crippen molar-refractivity contribution in [1.82, 2.24) is 0 Å². The van der Waals surface area contributed by atoms with Gasteiger partial charge in [0, 0.05) is 16.2 Å². The number of aliphatic hydroxyl groups excluding tert-OH is 3. The maximum Gasteiger partial charge on any atom is 0.129 e. The smallest absolute Gasteiger partial charge is 0.129 e. The molecule has 1 atom stereocenters. The first kappa shape index (κ1) is 12.4. The first-order chi connectivity index (χ1) is 7.19. The number of rotatable bonds is 5. The Balaban J connectivity index is 2.72. The summed E-state index contributed by atoms with van der Waals surface area (Å²) in [6.07, 6.45) is -0.829. The van der Waals surface area contributed by atoms with Crippen LogP contribution in [0.1, 0.15) is 5.56 Å². The van der Waals surface area contributed by atoms with Crippen LogP contribution in [0.3, 0.4) is 0 Å². The summed E-state index contributed by atoms with van der Waals surface area (Å²) in [4.78, 5) is 0.588. The summed E-state index contributed by atoms with van der Waals surface area (Å²) in [5.41, 5.74) is 0.229. The standard InChI is InChI=1S/C10H13FO3S/c11-9-2-1-3-10(8(9)5-13)15-6-7(14)4-12/h1-3,7,12-14H,4-6H2. The van der Waals surface area contributed by atoms with Gasteiger partial charge >= 0.3 is 0 Å². The highest BCUT2D eigenvalue weighted by atomic mass is 32.2. The van der Waals surface area contributed by atoms with Gasteiger partial charge in [-0.15, -0.1) is 11.8 Å². The van der Waals surface area contributed by atoms with Crippen molar-refractivity contribution in [3.05, 3.63) is 29.6 Å². The van der Waals surface area contributed by atoms with Crippen LogP contribution in [0, 0.1) is 5.82 Å². The average molecular weight is 232 g/mol. The van der Waals surface area contributed by atoms with Gasteiger partial charge in [-0.2, -0.15) is 0 Å². The molecule has 0 saturated heterocycles. The monoisotopic (exact) mass is 232 g/mol. The van der Waals surface area contributed by atoms with Gasteiger partial charge in [0.2, 0.25) is 0 Å². The van der Waals surface area contributed by atoms with Crippen LogP contribution in [0.5, 0.6) is 0 Å². The fourth-order valence-electron chi connectivity index (χ4n) is 1.07. The molecule has 1 rings (SSSR count). The van der Waals surface area contributed by atoms with Crippen molar-refractivity contribution in [2.75, 3.05) is 12.4 Å². The highest BCUT2D eigenvalue weighted by Gasteiger charge is 2.09. The number of hydrogen-bond donors (Lipinski definition) is 3. The van der Waals surface area contributed by atoms with Crippen LogP contribution >= 0.6 is 11.8 Å². The maximum atomic E-state index is 13.2. The lowest BCUT2D eigenvalue weighted by atomic mass is 10.2. The molecule has 0 aliphatic heterocycles. The van der Waals surface area contributed by atoms with Crippen LogP contribution in [0.15, 0.2) is 23.1 Å². The quantitative estimate of drug-likeness (QED) is 0.656. The fourth-order valence-corrected chi connectivity index (χ4v) is 2.05. The topological polar surface area (TPSA) is 60.7 Å². The number of halogens is 1. The maximum absolute atomic E-state index is 13.2. The Morgan fingerprint density at radius 1 is 1.33 bits per heavy atom. The number of benzene rings is 1. The molecule has 0 aliphatic rings. The van der Waals surface area contributed by atoms with E-state index in [4.69, 9.17) is 15.3 Å². The third-order valence-electron chi connectivity index (χ3n) is 1.88. The van der Waals surface area contributed by atoms with Crippen LogP contribution in [-0.2, 0) is 6.61 Å². The van der Waals surface area contributed by atoms with E-state index in [1.54, 1.807) is 12.1 Å². The molecule has 15 heavy (non-hydrogen) atoms. The first-order valence-corrected chi connectivity index (χ1v) is 5.47. The largest absolute Gasteiger partial charge is 0.394 e. The zero-order chi connectivity index (χ0) is 11.3. The molecule has 1 aromatic rings. The first-order valence-electron chi connectivity index (χ1n) is 4.49. The Labute approximate surface area is 91.6 Å². The predicted molar refractivity (Wildman–Crippen MR) is 56.1 cm³/mol. The van der Waals surface area contributed by atoms with E-state index in [1.165, 1.54) is 17.8 Å². The molecular formula is C10H13FO3S. The van der Waals surface area contributed by atoms with Crippen molar-refractivity contribution in [3.8, 4) is 0 Å². The van der Waals surface area contributed by atoms with E-state index in [9.17, 15) is 4.39 Å². The summed E-state index contributed by atoms with van der Waals surface area (Å²) >= 11 is 1.21. The zero-order valence-electron chi connectivity index (χ0n) is 8.06. The van der Waals surface area contributed by atoms with Crippen molar-refractivity contribution >= 4 is 11.8 Å². The molecule has 0 aromatic heterocycles. The van der Waals surface area contributed by atoms with Crippen molar-refractivity contribution in [3.63, 3.8) is 0 Å². The normalized spacial score (nSPS) is 12.8. The van der Waals surface area contributed by atoms with Crippen LogP contribution in [0.25, 0.3) is 0 Å². The van der Waals surface area contributed by atoms with E-state index in [1.807, 2.05) is 0 Å². The molecule has 84 valence electrons. The summed E-state index contributed by atoms with van der Waals surface area (Å²) in [5.74, 6) is -0.187. The van der Waals surface area contributed by atoms with E-state index in [-0.39, 0.29) is 24.5 Å². The second-order valence-electron chi connectivity index (χ2n) is 3.02. The molecule has 0 radical (unpaired) electrons. The molecule has 0 heterocycles. The van der Waals surface area contributed by atoms with E-state index in [0.29, 0.717) is 4.90 Å². The molecule has 1 unspecified atom stereocenters. The summed E-state index contributed by atoms with van der Waals surface area (Å²) in [6.45, 7) is -0.693. The average Bonchev–Trinajstić information content (AvgIpc) is 2.25. The van der Waals surface area contributed by atoms with Crippen LogP contribution in [0.4, 0.5) is 4.39 Å². The summed E-state index contributed by atoms with van der Waals surface area (Å²) in [6, 6.07) is 4.49. The number of hydrogen-bond acceptors (Lipinski definition) is 4. The molecule has 3 N–H and O–H groups in total. The predicted octanol–water partition coefficient (Wildman–Crippen LogP) is 0.763. The molecule has 3 nitrogen and oxygen atoms in total. The van der Waals surface area contributed by atoms with Gasteiger partial charge in [0.25, 0.3) is 0 Å². The molecule has 0 bridgehead atoms. The molecule has 1 aromatic carbocycles. The lowest BCUT2D eigenvalue weighted by molar-refractivity contribution is 0.113. The van der Waals surface area contributed by atoms with Crippen LogP contribution < -0.4 is 0 Å². The summed E-state index contributed by atoms with van der Waals surface area (Å²) < 4.78 is 13.2. The minimum absolute atomic E-state index is 0.229. The SMILES string of the molecule is OCc1c(F)cccc1SCC(O)CO. The lowest BCUT2D eigenvalue weighted by Crippen LogP contribution is -2.14. The number of thioether (sulfide) groups is 1. The molecule has 0 amide bonds. The molecule has 0 aliphatic carbocycles. The number of aliphatic hydroxyl groups is 3. The van der Waals surface area contributed by atoms with Gasteiger partial charge in [0.1, 0.15) is 5.82 Å². The Morgan fingerprint density at radius 3 is 2.67 bits per heavy atom. The lowest BCUT2D eigenvalue weighted by Gasteiger charge is -2.10. The second kappa shape index (κ2) is 6.07. The fraction of sp³-hybridized carbons (Fsp3) is 0.400. The Hall–Kier alpha value is -0.620. The van der Waals surface area contributed by atoms with E-state index in [0.717, 1.165) is 0 Å². The third-order valence-corrected chi connectivity index (χ3v) is 3.12. The Bertz CT molecular complexity index is 320. The van der Waals surface area contributed by atoms with Crippen LogP contribution in [0.2, 0.25) is 0 Å². The van der Waals surface area contributed by atoms with E-state index in [2.05, 4.69) is 0 Å². The highest BCUT2D eigenvalue weighted by Crippen LogP contribution is 2.25. The molecule has 5 heteroatoms. The van der Waals surface area contributed by atoms with Crippen LogP contribution in [-0.4, -0.2) is 33.8 Å². The molecular weight excluding hydrogens is 219 g/mol. The third kappa shape index (κ3) is 3.46. The van der Waals surface area contributed by atoms with Gasteiger partial charge in [-0.05, 0) is 12.1 Å². The van der Waals surface area contributed by atoms with Crippen molar-refractivity contribution in [2.24, 2.45) is 0 Å². The summed E-state index contributed by atoms with van der Waals surface area (Å²) in [5, 5.41) is 26.7. The minimum Gasteiger partial charge on any atom is -0.394 e. The van der Waals surface area contributed by atoms with Gasteiger partial charge in [-0.3, -0.25) is 0 Å². The van der Waals surface area contributed by atoms with Crippen molar-refractivity contribution in [2.45, 2.75) is 17.6 Å². The molecule has 0 saturated carbocycles. The van der Waals surface area contributed by atoms with Crippen molar-refractivity contribution in [1.29, 1.82) is 0 Å². The van der Waals surface area contributed by atoms with Gasteiger partial charge in [0.15, 0.2) is 0 Å². The zero-order valence-corrected chi connectivity index (χ0v) is 8.88. The minimum atomic E-state index is -0.829. The van der Waals surface area contributed by atoms with E-state index < -0.39 is 11.9 Å². The van der Waals surface area contributed by atoms with Gasteiger partial charge in [-0.25, -0.2) is 4.39 Å². The van der Waals surface area contributed by atoms with E-state index >= 15 is 0 Å². The highest BCUT2D eigenvalue weighted by molar-refractivity contribution is 7.99. The van der Waals surface area contributed by atoms with Gasteiger partial charge < -0.3 is 15.3 Å². The Morgan fingerprint density at radius 2 is 2.07 bits per heavy atom.